The van der Waals surface area contributed by atoms with Crippen molar-refractivity contribution in [1.29, 1.82) is 0 Å². The Morgan fingerprint density at radius 3 is 2.48 bits per heavy atom. The number of rotatable bonds is 4. The first-order chi connectivity index (χ1) is 10.3. The number of halogens is 1. The van der Waals surface area contributed by atoms with E-state index in [1.807, 2.05) is 12.1 Å². The van der Waals surface area contributed by atoms with Crippen molar-refractivity contribution in [2.75, 3.05) is 24.6 Å². The van der Waals surface area contributed by atoms with Crippen LogP contribution in [0, 0.1) is 5.92 Å². The van der Waals surface area contributed by atoms with Gasteiger partial charge in [0.1, 0.15) is 5.75 Å². The van der Waals surface area contributed by atoms with Crippen LogP contribution in [0.2, 0.25) is 5.02 Å². The Morgan fingerprint density at radius 2 is 1.81 bits per heavy atom. The maximum Gasteiger partial charge on any atom is 0.225 e. The molecule has 0 radical (unpaired) electrons. The average Bonchev–Trinajstić information content (AvgIpc) is 2.55. The Morgan fingerprint density at radius 1 is 1.14 bits per heavy atom. The maximum atomic E-state index is 5.81. The van der Waals surface area contributed by atoms with E-state index in [0.717, 1.165) is 44.2 Å². The Labute approximate surface area is 129 Å². The second-order valence-electron chi connectivity index (χ2n) is 5.13. The predicted molar refractivity (Wildman–Crippen MR) is 81.7 cm³/mol. The molecule has 1 aliphatic heterocycles. The highest BCUT2D eigenvalue weighted by Gasteiger charge is 2.21. The lowest BCUT2D eigenvalue weighted by atomic mass is 9.98. The number of ether oxygens (including phenoxy) is 1. The van der Waals surface area contributed by atoms with Gasteiger partial charge in [-0.1, -0.05) is 11.6 Å². The minimum absolute atomic E-state index is 0.569. The summed E-state index contributed by atoms with van der Waals surface area (Å²) in [5.41, 5.74) is 0. The van der Waals surface area contributed by atoms with Crippen LogP contribution in [-0.4, -0.2) is 34.6 Å². The smallest absolute Gasteiger partial charge is 0.225 e. The van der Waals surface area contributed by atoms with Crippen LogP contribution in [0.15, 0.2) is 36.9 Å². The van der Waals surface area contributed by atoms with Gasteiger partial charge in [0.05, 0.1) is 24.0 Å². The van der Waals surface area contributed by atoms with Gasteiger partial charge in [0.15, 0.2) is 0 Å². The van der Waals surface area contributed by atoms with E-state index in [1.54, 1.807) is 24.8 Å². The summed E-state index contributed by atoms with van der Waals surface area (Å²) in [5, 5.41) is 0.569. The van der Waals surface area contributed by atoms with E-state index in [2.05, 4.69) is 19.9 Å². The van der Waals surface area contributed by atoms with Crippen molar-refractivity contribution in [2.45, 2.75) is 12.8 Å². The van der Waals surface area contributed by atoms with Crippen molar-refractivity contribution in [1.82, 2.24) is 15.0 Å². The van der Waals surface area contributed by atoms with Crippen LogP contribution in [0.4, 0.5) is 5.95 Å². The third-order valence-corrected chi connectivity index (χ3v) is 3.83. The molecule has 2 aromatic heterocycles. The molecule has 0 atom stereocenters. The standard InChI is InChI=1S/C15H17ClN4O/c16-13-9-18-15(19-10-13)20-7-3-12(4-8-20)11-21-14-1-5-17-6-2-14/h1-2,5-6,9-10,12H,3-4,7-8,11H2. The molecule has 0 saturated carbocycles. The van der Waals surface area contributed by atoms with E-state index in [1.165, 1.54) is 0 Å². The summed E-state index contributed by atoms with van der Waals surface area (Å²) in [6.45, 7) is 2.65. The monoisotopic (exact) mass is 304 g/mol. The van der Waals surface area contributed by atoms with Crippen molar-refractivity contribution < 1.29 is 4.74 Å². The van der Waals surface area contributed by atoms with Crippen LogP contribution >= 0.6 is 11.6 Å². The lowest BCUT2D eigenvalue weighted by Gasteiger charge is -2.31. The molecule has 5 nitrogen and oxygen atoms in total. The summed E-state index contributed by atoms with van der Waals surface area (Å²) in [6.07, 6.45) is 8.94. The van der Waals surface area contributed by atoms with Gasteiger partial charge in [-0.2, -0.15) is 0 Å². The zero-order chi connectivity index (χ0) is 14.5. The molecule has 1 saturated heterocycles. The highest BCUT2D eigenvalue weighted by atomic mass is 35.5. The van der Waals surface area contributed by atoms with E-state index >= 15 is 0 Å². The van der Waals surface area contributed by atoms with Crippen LogP contribution in [0.25, 0.3) is 0 Å². The largest absolute Gasteiger partial charge is 0.493 e. The van der Waals surface area contributed by atoms with Gasteiger partial charge in [-0.05, 0) is 30.9 Å². The maximum absolute atomic E-state index is 5.81. The normalized spacial score (nSPS) is 16.0. The first-order valence-corrected chi connectivity index (χ1v) is 7.44. The molecule has 1 aliphatic rings. The third-order valence-electron chi connectivity index (χ3n) is 3.64. The predicted octanol–water partition coefficient (Wildman–Crippen LogP) is 2.82. The molecule has 0 bridgehead atoms. The molecule has 0 aromatic carbocycles. The molecule has 6 heteroatoms. The molecule has 3 rings (SSSR count). The highest BCUT2D eigenvalue weighted by Crippen LogP contribution is 2.22. The van der Waals surface area contributed by atoms with Crippen LogP contribution in [0.1, 0.15) is 12.8 Å². The van der Waals surface area contributed by atoms with Gasteiger partial charge in [0.25, 0.3) is 0 Å². The summed E-state index contributed by atoms with van der Waals surface area (Å²) in [6, 6.07) is 3.77. The first-order valence-electron chi connectivity index (χ1n) is 7.06. The van der Waals surface area contributed by atoms with Crippen molar-refractivity contribution in [2.24, 2.45) is 5.92 Å². The second-order valence-corrected chi connectivity index (χ2v) is 5.56. The minimum atomic E-state index is 0.569. The van der Waals surface area contributed by atoms with E-state index < -0.39 is 0 Å². The molecule has 0 unspecified atom stereocenters. The molecule has 0 N–H and O–H groups in total. The Balaban J connectivity index is 1.48. The molecular weight excluding hydrogens is 288 g/mol. The molecule has 110 valence electrons. The lowest BCUT2D eigenvalue weighted by molar-refractivity contribution is 0.222. The fraction of sp³-hybridized carbons (Fsp3) is 0.400. The molecule has 3 heterocycles. The fourth-order valence-corrected chi connectivity index (χ4v) is 2.51. The van der Waals surface area contributed by atoms with Crippen LogP contribution in [0.5, 0.6) is 5.75 Å². The molecule has 2 aromatic rings. The Bertz CT molecular complexity index is 556. The quantitative estimate of drug-likeness (QED) is 0.869. The zero-order valence-corrected chi connectivity index (χ0v) is 12.4. The van der Waals surface area contributed by atoms with Crippen LogP contribution < -0.4 is 9.64 Å². The summed E-state index contributed by atoms with van der Waals surface area (Å²) >= 11 is 5.81. The summed E-state index contributed by atoms with van der Waals surface area (Å²) in [7, 11) is 0. The average molecular weight is 305 g/mol. The summed E-state index contributed by atoms with van der Waals surface area (Å²) < 4.78 is 5.79. The van der Waals surface area contributed by atoms with Crippen molar-refractivity contribution in [3.8, 4) is 5.75 Å². The Hall–Kier alpha value is -1.88. The van der Waals surface area contributed by atoms with Crippen LogP contribution in [0.3, 0.4) is 0 Å². The topological polar surface area (TPSA) is 51.1 Å². The number of hydrogen-bond acceptors (Lipinski definition) is 5. The molecular formula is C15H17ClN4O. The van der Waals surface area contributed by atoms with Gasteiger partial charge < -0.3 is 9.64 Å². The number of piperidine rings is 1. The number of anilines is 1. The summed E-state index contributed by atoms with van der Waals surface area (Å²) in [4.78, 5) is 14.7. The minimum Gasteiger partial charge on any atom is -0.493 e. The van der Waals surface area contributed by atoms with Gasteiger partial charge in [-0.25, -0.2) is 9.97 Å². The Kier molecular flexibility index (Phi) is 4.50. The van der Waals surface area contributed by atoms with E-state index in [9.17, 15) is 0 Å². The first kappa shape index (κ1) is 14.1. The van der Waals surface area contributed by atoms with E-state index in [0.29, 0.717) is 10.9 Å². The van der Waals surface area contributed by atoms with Crippen molar-refractivity contribution in [3.63, 3.8) is 0 Å². The van der Waals surface area contributed by atoms with Crippen molar-refractivity contribution >= 4 is 17.5 Å². The van der Waals surface area contributed by atoms with Gasteiger partial charge in [0.2, 0.25) is 5.95 Å². The van der Waals surface area contributed by atoms with Crippen LogP contribution in [-0.2, 0) is 0 Å². The second kappa shape index (κ2) is 6.72. The van der Waals surface area contributed by atoms with Gasteiger partial charge in [0, 0.05) is 25.5 Å². The molecule has 0 aliphatic carbocycles. The number of hydrogen-bond donors (Lipinski definition) is 0. The molecule has 1 fully saturated rings. The molecule has 21 heavy (non-hydrogen) atoms. The fourth-order valence-electron chi connectivity index (χ4n) is 2.42. The number of pyridine rings is 1. The lowest BCUT2D eigenvalue weighted by Crippen LogP contribution is -2.36. The van der Waals surface area contributed by atoms with Gasteiger partial charge in [-0.3, -0.25) is 4.98 Å². The summed E-state index contributed by atoms with van der Waals surface area (Å²) in [5.74, 6) is 2.21. The van der Waals surface area contributed by atoms with Gasteiger partial charge >= 0.3 is 0 Å². The molecule has 0 amide bonds. The SMILES string of the molecule is Clc1cnc(N2CCC(COc3ccncc3)CC2)nc1. The van der Waals surface area contributed by atoms with Crippen molar-refractivity contribution in [3.05, 3.63) is 41.9 Å². The highest BCUT2D eigenvalue weighted by molar-refractivity contribution is 6.30. The van der Waals surface area contributed by atoms with E-state index in [-0.39, 0.29) is 0 Å². The van der Waals surface area contributed by atoms with E-state index in [4.69, 9.17) is 16.3 Å². The number of nitrogens with zero attached hydrogens (tertiary/aromatic N) is 4. The van der Waals surface area contributed by atoms with Gasteiger partial charge in [-0.15, -0.1) is 0 Å². The third kappa shape index (κ3) is 3.82. The molecule has 0 spiro atoms. The number of aromatic nitrogens is 3. The zero-order valence-electron chi connectivity index (χ0n) is 11.7.